The van der Waals surface area contributed by atoms with Crippen LogP contribution in [0.5, 0.6) is 0 Å². The Bertz CT molecular complexity index is 252. The largest absolute Gasteiger partial charge is 0.481 e. The fourth-order valence-electron chi connectivity index (χ4n) is 2.98. The van der Waals surface area contributed by atoms with Crippen molar-refractivity contribution in [1.82, 2.24) is 9.80 Å². The molecule has 0 radical (unpaired) electrons. The van der Waals surface area contributed by atoms with Crippen LogP contribution in [0.15, 0.2) is 0 Å². The normalized spacial score (nSPS) is 27.4. The molecule has 2 fully saturated rings. The van der Waals surface area contributed by atoms with Crippen molar-refractivity contribution >= 4 is 5.97 Å². The molecular formula is C13H24N2O2. The standard InChI is InChI=1S/C13H24N2O2/c16-13(17)12-5-3-8-15(11-12)10-4-9-14-6-1-2-7-14/h12H,1-11H2,(H,16,17). The molecule has 98 valence electrons. The Morgan fingerprint density at radius 2 is 1.71 bits per heavy atom. The molecule has 0 aromatic heterocycles. The lowest BCUT2D eigenvalue weighted by atomic mass is 9.98. The minimum absolute atomic E-state index is 0.129. The van der Waals surface area contributed by atoms with Gasteiger partial charge in [0.1, 0.15) is 0 Å². The van der Waals surface area contributed by atoms with Crippen molar-refractivity contribution in [2.75, 3.05) is 39.3 Å². The summed E-state index contributed by atoms with van der Waals surface area (Å²) in [6.07, 6.45) is 5.79. The third-order valence-electron chi connectivity index (χ3n) is 4.00. The average Bonchev–Trinajstić information content (AvgIpc) is 2.82. The predicted octanol–water partition coefficient (Wildman–Crippen LogP) is 1.27. The lowest BCUT2D eigenvalue weighted by Gasteiger charge is -2.31. The zero-order valence-electron chi connectivity index (χ0n) is 10.6. The van der Waals surface area contributed by atoms with Crippen molar-refractivity contribution in [2.45, 2.75) is 32.1 Å². The minimum Gasteiger partial charge on any atom is -0.481 e. The number of aliphatic carboxylic acids is 1. The van der Waals surface area contributed by atoms with Crippen LogP contribution in [0.3, 0.4) is 0 Å². The topological polar surface area (TPSA) is 43.8 Å². The number of likely N-dealkylation sites (tertiary alicyclic amines) is 2. The van der Waals surface area contributed by atoms with Gasteiger partial charge in [-0.05, 0) is 64.8 Å². The van der Waals surface area contributed by atoms with E-state index in [1.54, 1.807) is 0 Å². The molecule has 1 N–H and O–H groups in total. The fourth-order valence-corrected chi connectivity index (χ4v) is 2.98. The Morgan fingerprint density at radius 3 is 2.41 bits per heavy atom. The number of carboxylic acid groups (broad SMARTS) is 1. The first-order chi connectivity index (χ1) is 8.25. The van der Waals surface area contributed by atoms with Gasteiger partial charge in [-0.25, -0.2) is 0 Å². The third-order valence-corrected chi connectivity index (χ3v) is 4.00. The van der Waals surface area contributed by atoms with Crippen LogP contribution < -0.4 is 0 Å². The minimum atomic E-state index is -0.616. The lowest BCUT2D eigenvalue weighted by molar-refractivity contribution is -0.143. The molecule has 1 atom stereocenters. The van der Waals surface area contributed by atoms with Gasteiger partial charge in [-0.3, -0.25) is 4.79 Å². The van der Waals surface area contributed by atoms with Crippen LogP contribution >= 0.6 is 0 Å². The van der Waals surface area contributed by atoms with E-state index in [9.17, 15) is 4.79 Å². The zero-order chi connectivity index (χ0) is 12.1. The van der Waals surface area contributed by atoms with E-state index >= 15 is 0 Å². The second-order valence-electron chi connectivity index (χ2n) is 5.38. The molecule has 0 aromatic rings. The number of nitrogens with zero attached hydrogens (tertiary/aromatic N) is 2. The van der Waals surface area contributed by atoms with E-state index < -0.39 is 5.97 Å². The number of rotatable bonds is 5. The predicted molar refractivity (Wildman–Crippen MR) is 67.1 cm³/mol. The lowest BCUT2D eigenvalue weighted by Crippen LogP contribution is -2.39. The van der Waals surface area contributed by atoms with E-state index in [-0.39, 0.29) is 5.92 Å². The van der Waals surface area contributed by atoms with E-state index in [1.807, 2.05) is 0 Å². The Balaban J connectivity index is 1.62. The molecule has 0 bridgehead atoms. The van der Waals surface area contributed by atoms with Crippen LogP contribution in [0, 0.1) is 5.92 Å². The Kier molecular flexibility index (Phi) is 4.80. The highest BCUT2D eigenvalue weighted by molar-refractivity contribution is 5.70. The molecule has 1 unspecified atom stereocenters. The van der Waals surface area contributed by atoms with Crippen LogP contribution in [0.2, 0.25) is 0 Å². The maximum absolute atomic E-state index is 10.9. The molecule has 2 heterocycles. The summed E-state index contributed by atoms with van der Waals surface area (Å²) in [4.78, 5) is 15.8. The molecule has 4 heteroatoms. The second-order valence-corrected chi connectivity index (χ2v) is 5.38. The first-order valence-electron chi connectivity index (χ1n) is 6.93. The Morgan fingerprint density at radius 1 is 1.06 bits per heavy atom. The van der Waals surface area contributed by atoms with Crippen molar-refractivity contribution in [3.05, 3.63) is 0 Å². The highest BCUT2D eigenvalue weighted by Gasteiger charge is 2.24. The summed E-state index contributed by atoms with van der Waals surface area (Å²) in [5, 5.41) is 9.02. The first-order valence-corrected chi connectivity index (χ1v) is 6.93. The van der Waals surface area contributed by atoms with E-state index in [1.165, 1.54) is 38.9 Å². The van der Waals surface area contributed by atoms with Gasteiger partial charge in [-0.15, -0.1) is 0 Å². The van der Waals surface area contributed by atoms with Gasteiger partial charge in [-0.1, -0.05) is 0 Å². The average molecular weight is 240 g/mol. The molecule has 2 aliphatic heterocycles. The summed E-state index contributed by atoms with van der Waals surface area (Å²) in [5.74, 6) is -0.746. The summed E-state index contributed by atoms with van der Waals surface area (Å²) in [6, 6.07) is 0. The summed E-state index contributed by atoms with van der Waals surface area (Å²) < 4.78 is 0. The second kappa shape index (κ2) is 6.36. The Labute approximate surface area is 104 Å². The van der Waals surface area contributed by atoms with Crippen LogP contribution in [0.4, 0.5) is 0 Å². The summed E-state index contributed by atoms with van der Waals surface area (Å²) in [6.45, 7) is 6.63. The molecule has 0 saturated carbocycles. The molecule has 17 heavy (non-hydrogen) atoms. The van der Waals surface area contributed by atoms with Gasteiger partial charge < -0.3 is 14.9 Å². The monoisotopic (exact) mass is 240 g/mol. The van der Waals surface area contributed by atoms with Crippen molar-refractivity contribution < 1.29 is 9.90 Å². The van der Waals surface area contributed by atoms with Gasteiger partial charge >= 0.3 is 5.97 Å². The van der Waals surface area contributed by atoms with Crippen molar-refractivity contribution in [1.29, 1.82) is 0 Å². The molecule has 4 nitrogen and oxygen atoms in total. The smallest absolute Gasteiger partial charge is 0.307 e. The molecule has 0 aromatic carbocycles. The number of piperidine rings is 1. The molecule has 0 aliphatic carbocycles. The van der Waals surface area contributed by atoms with Gasteiger partial charge in [0.05, 0.1) is 5.92 Å². The molecule has 2 saturated heterocycles. The van der Waals surface area contributed by atoms with Crippen molar-refractivity contribution in [3.63, 3.8) is 0 Å². The highest BCUT2D eigenvalue weighted by Crippen LogP contribution is 2.17. The molecule has 2 rings (SSSR count). The maximum atomic E-state index is 10.9. The molecule has 2 aliphatic rings. The fraction of sp³-hybridized carbons (Fsp3) is 0.923. The van der Waals surface area contributed by atoms with E-state index in [0.29, 0.717) is 0 Å². The molecule has 0 spiro atoms. The third kappa shape index (κ3) is 3.96. The Hall–Kier alpha value is -0.610. The number of hydrogen-bond acceptors (Lipinski definition) is 3. The summed E-state index contributed by atoms with van der Waals surface area (Å²) in [7, 11) is 0. The summed E-state index contributed by atoms with van der Waals surface area (Å²) in [5.41, 5.74) is 0. The highest BCUT2D eigenvalue weighted by atomic mass is 16.4. The number of hydrogen-bond donors (Lipinski definition) is 1. The van der Waals surface area contributed by atoms with Crippen LogP contribution in [0.1, 0.15) is 32.1 Å². The van der Waals surface area contributed by atoms with E-state index in [2.05, 4.69) is 9.80 Å². The van der Waals surface area contributed by atoms with Gasteiger partial charge in [0.15, 0.2) is 0 Å². The van der Waals surface area contributed by atoms with Gasteiger partial charge in [-0.2, -0.15) is 0 Å². The first kappa shape index (κ1) is 12.8. The number of carbonyl (C=O) groups is 1. The maximum Gasteiger partial charge on any atom is 0.307 e. The van der Waals surface area contributed by atoms with E-state index in [4.69, 9.17) is 5.11 Å². The number of carboxylic acids is 1. The van der Waals surface area contributed by atoms with Gasteiger partial charge in [0.2, 0.25) is 0 Å². The van der Waals surface area contributed by atoms with Crippen molar-refractivity contribution in [2.24, 2.45) is 5.92 Å². The summed E-state index contributed by atoms with van der Waals surface area (Å²) >= 11 is 0. The van der Waals surface area contributed by atoms with Gasteiger partial charge in [0.25, 0.3) is 0 Å². The van der Waals surface area contributed by atoms with Gasteiger partial charge in [0, 0.05) is 6.54 Å². The van der Waals surface area contributed by atoms with Crippen LogP contribution in [0.25, 0.3) is 0 Å². The quantitative estimate of drug-likeness (QED) is 0.786. The molecular weight excluding hydrogens is 216 g/mol. The van der Waals surface area contributed by atoms with Crippen LogP contribution in [-0.4, -0.2) is 60.1 Å². The SMILES string of the molecule is O=C(O)C1CCCN(CCCN2CCCC2)C1. The van der Waals surface area contributed by atoms with E-state index in [0.717, 1.165) is 32.5 Å². The van der Waals surface area contributed by atoms with Crippen molar-refractivity contribution in [3.8, 4) is 0 Å². The van der Waals surface area contributed by atoms with Crippen LogP contribution in [-0.2, 0) is 4.79 Å². The zero-order valence-corrected chi connectivity index (χ0v) is 10.6. The molecule has 0 amide bonds.